The van der Waals surface area contributed by atoms with E-state index in [0.29, 0.717) is 5.56 Å². The van der Waals surface area contributed by atoms with Gasteiger partial charge >= 0.3 is 0 Å². The first-order valence-electron chi connectivity index (χ1n) is 7.12. The van der Waals surface area contributed by atoms with Gasteiger partial charge in [0, 0.05) is 30.6 Å². The van der Waals surface area contributed by atoms with Crippen LogP contribution in [0.4, 0.5) is 11.4 Å². The topological polar surface area (TPSA) is 89.5 Å². The second kappa shape index (κ2) is 5.96. The van der Waals surface area contributed by atoms with Crippen LogP contribution in [0.1, 0.15) is 16.7 Å². The average Bonchev–Trinajstić information content (AvgIpc) is 2.57. The molecule has 0 saturated heterocycles. The molecule has 0 unspecified atom stereocenters. The molecule has 0 fully saturated rings. The van der Waals surface area contributed by atoms with Crippen LogP contribution in [0, 0.1) is 20.2 Å². The molecule has 24 heavy (non-hydrogen) atoms. The normalized spacial score (nSPS) is 14.5. The fourth-order valence-corrected chi connectivity index (χ4v) is 2.59. The fourth-order valence-electron chi connectivity index (χ4n) is 2.59. The van der Waals surface area contributed by atoms with Gasteiger partial charge < -0.3 is 4.90 Å². The minimum atomic E-state index is -0.644. The van der Waals surface area contributed by atoms with Gasteiger partial charge in [0.1, 0.15) is 0 Å². The SMILES string of the molecule is CN1C=Cc2ccccc2/C1=C/c1ccc([N+](=O)[O-])cc1[N+](=O)[O-]. The third-order valence-corrected chi connectivity index (χ3v) is 3.81. The molecule has 2 aromatic rings. The van der Waals surface area contributed by atoms with E-state index in [4.69, 9.17) is 0 Å². The minimum absolute atomic E-state index is 0.294. The number of hydrogen-bond donors (Lipinski definition) is 0. The molecule has 1 heterocycles. The summed E-state index contributed by atoms with van der Waals surface area (Å²) < 4.78 is 0. The van der Waals surface area contributed by atoms with E-state index in [9.17, 15) is 20.2 Å². The Hall–Kier alpha value is -3.48. The van der Waals surface area contributed by atoms with Gasteiger partial charge in [0.05, 0.1) is 21.5 Å². The van der Waals surface area contributed by atoms with E-state index >= 15 is 0 Å². The van der Waals surface area contributed by atoms with Gasteiger partial charge in [-0.25, -0.2) is 0 Å². The van der Waals surface area contributed by atoms with Gasteiger partial charge in [-0.3, -0.25) is 20.2 Å². The number of fused-ring (bicyclic) bond motifs is 1. The van der Waals surface area contributed by atoms with E-state index in [1.807, 2.05) is 48.5 Å². The summed E-state index contributed by atoms with van der Waals surface area (Å²) in [6, 6.07) is 11.3. The van der Waals surface area contributed by atoms with Crippen molar-refractivity contribution >= 4 is 29.2 Å². The zero-order valence-electron chi connectivity index (χ0n) is 12.7. The molecule has 0 aliphatic carbocycles. The molecule has 7 nitrogen and oxygen atoms in total. The lowest BCUT2D eigenvalue weighted by Gasteiger charge is -2.24. The molecule has 0 radical (unpaired) electrons. The molecule has 0 N–H and O–H groups in total. The molecule has 3 rings (SSSR count). The quantitative estimate of drug-likeness (QED) is 0.631. The lowest BCUT2D eigenvalue weighted by molar-refractivity contribution is -0.394. The second-order valence-corrected chi connectivity index (χ2v) is 5.30. The molecule has 0 aromatic heterocycles. The maximum absolute atomic E-state index is 11.3. The summed E-state index contributed by atoms with van der Waals surface area (Å²) in [6.45, 7) is 0. The van der Waals surface area contributed by atoms with Crippen LogP contribution in [0.25, 0.3) is 17.8 Å². The summed E-state index contributed by atoms with van der Waals surface area (Å²) in [6.07, 6.45) is 5.49. The van der Waals surface area contributed by atoms with Crippen molar-refractivity contribution in [2.75, 3.05) is 7.05 Å². The van der Waals surface area contributed by atoms with Crippen LogP contribution < -0.4 is 0 Å². The maximum atomic E-state index is 11.3. The molecule has 1 aliphatic heterocycles. The molecule has 0 saturated carbocycles. The van der Waals surface area contributed by atoms with Crippen molar-refractivity contribution in [3.63, 3.8) is 0 Å². The van der Waals surface area contributed by atoms with Crippen LogP contribution in [-0.4, -0.2) is 21.8 Å². The van der Waals surface area contributed by atoms with Crippen LogP contribution in [0.15, 0.2) is 48.7 Å². The van der Waals surface area contributed by atoms with Gasteiger partial charge in [-0.2, -0.15) is 0 Å². The van der Waals surface area contributed by atoms with Crippen molar-refractivity contribution in [2.45, 2.75) is 0 Å². The summed E-state index contributed by atoms with van der Waals surface area (Å²) in [4.78, 5) is 22.7. The highest BCUT2D eigenvalue weighted by atomic mass is 16.6. The van der Waals surface area contributed by atoms with Crippen molar-refractivity contribution in [2.24, 2.45) is 0 Å². The monoisotopic (exact) mass is 323 g/mol. The number of non-ortho nitro benzene ring substituents is 1. The Morgan fingerprint density at radius 2 is 1.79 bits per heavy atom. The van der Waals surface area contributed by atoms with Crippen LogP contribution in [0.3, 0.4) is 0 Å². The van der Waals surface area contributed by atoms with Crippen LogP contribution in [0.5, 0.6) is 0 Å². The third-order valence-electron chi connectivity index (χ3n) is 3.81. The summed E-state index contributed by atoms with van der Waals surface area (Å²) in [5, 5.41) is 22.1. The van der Waals surface area contributed by atoms with Gasteiger partial charge in [0.25, 0.3) is 11.4 Å². The summed E-state index contributed by atoms with van der Waals surface area (Å²) >= 11 is 0. The number of nitro groups is 2. The third kappa shape index (κ3) is 2.74. The second-order valence-electron chi connectivity index (χ2n) is 5.30. The largest absolute Gasteiger partial charge is 0.351 e. The van der Waals surface area contributed by atoms with Crippen molar-refractivity contribution in [1.82, 2.24) is 4.90 Å². The molecular formula is C17H13N3O4. The van der Waals surface area contributed by atoms with E-state index in [-0.39, 0.29) is 11.4 Å². The van der Waals surface area contributed by atoms with Crippen LogP contribution in [-0.2, 0) is 0 Å². The van der Waals surface area contributed by atoms with Crippen molar-refractivity contribution in [3.8, 4) is 0 Å². The predicted molar refractivity (Wildman–Crippen MR) is 90.9 cm³/mol. The Bertz CT molecular complexity index is 902. The predicted octanol–water partition coefficient (Wildman–Crippen LogP) is 3.92. The van der Waals surface area contributed by atoms with Crippen molar-refractivity contribution in [1.29, 1.82) is 0 Å². The first kappa shape index (κ1) is 15.4. The molecule has 0 bridgehead atoms. The first-order chi connectivity index (χ1) is 11.5. The Kier molecular flexibility index (Phi) is 3.83. The minimum Gasteiger partial charge on any atom is -0.351 e. The summed E-state index contributed by atoms with van der Waals surface area (Å²) in [5.74, 6) is 0. The lowest BCUT2D eigenvalue weighted by Crippen LogP contribution is -2.13. The van der Waals surface area contributed by atoms with Crippen LogP contribution in [0.2, 0.25) is 0 Å². The van der Waals surface area contributed by atoms with E-state index in [1.54, 1.807) is 6.08 Å². The van der Waals surface area contributed by atoms with E-state index in [0.717, 1.165) is 22.9 Å². The Labute approximate surface area is 137 Å². The van der Waals surface area contributed by atoms with E-state index in [2.05, 4.69) is 0 Å². The van der Waals surface area contributed by atoms with E-state index < -0.39 is 9.85 Å². The Balaban J connectivity index is 2.16. The molecule has 2 aromatic carbocycles. The molecule has 120 valence electrons. The van der Waals surface area contributed by atoms with Gasteiger partial charge in [-0.1, -0.05) is 24.3 Å². The molecule has 0 atom stereocenters. The molecule has 0 spiro atoms. The van der Waals surface area contributed by atoms with Crippen molar-refractivity contribution < 1.29 is 9.85 Å². The molecular weight excluding hydrogens is 310 g/mol. The smallest absolute Gasteiger partial charge is 0.283 e. The first-order valence-corrected chi connectivity index (χ1v) is 7.12. The van der Waals surface area contributed by atoms with Gasteiger partial charge in [-0.15, -0.1) is 0 Å². The zero-order chi connectivity index (χ0) is 17.3. The van der Waals surface area contributed by atoms with Crippen molar-refractivity contribution in [3.05, 3.63) is 85.6 Å². The van der Waals surface area contributed by atoms with E-state index in [1.165, 1.54) is 12.1 Å². The highest BCUT2D eigenvalue weighted by molar-refractivity contribution is 5.88. The lowest BCUT2D eigenvalue weighted by atomic mass is 9.99. The number of benzene rings is 2. The average molecular weight is 323 g/mol. The highest BCUT2D eigenvalue weighted by Gasteiger charge is 2.20. The fraction of sp³-hybridized carbons (Fsp3) is 0.0588. The highest BCUT2D eigenvalue weighted by Crippen LogP contribution is 2.33. The van der Waals surface area contributed by atoms with Gasteiger partial charge in [0.2, 0.25) is 0 Å². The Morgan fingerprint density at radius 1 is 1.04 bits per heavy atom. The molecule has 1 aliphatic rings. The summed E-state index contributed by atoms with van der Waals surface area (Å²) in [7, 11) is 1.84. The number of rotatable bonds is 3. The standard InChI is InChI=1S/C17H13N3O4/c1-18-9-8-12-4-2-3-5-15(12)17(18)10-13-6-7-14(19(21)22)11-16(13)20(23)24/h2-11H,1H3/b17-10-. The molecule has 7 heteroatoms. The maximum Gasteiger partial charge on any atom is 0.283 e. The summed E-state index contributed by atoms with van der Waals surface area (Å²) in [5.41, 5.74) is 2.45. The number of nitrogens with zero attached hydrogens (tertiary/aromatic N) is 3. The van der Waals surface area contributed by atoms with Gasteiger partial charge in [-0.05, 0) is 23.8 Å². The van der Waals surface area contributed by atoms with Gasteiger partial charge in [0.15, 0.2) is 0 Å². The Morgan fingerprint density at radius 3 is 2.50 bits per heavy atom. The van der Waals surface area contributed by atoms with Crippen LogP contribution >= 0.6 is 0 Å². The number of hydrogen-bond acceptors (Lipinski definition) is 5. The zero-order valence-corrected chi connectivity index (χ0v) is 12.7. The number of nitro benzene ring substituents is 2. The molecule has 0 amide bonds.